The fourth-order valence-corrected chi connectivity index (χ4v) is 1.47. The van der Waals surface area contributed by atoms with Gasteiger partial charge in [0.05, 0.1) is 0 Å². The fraction of sp³-hybridized carbons (Fsp3) is 0.750. The molecule has 92 valence electrons. The van der Waals surface area contributed by atoms with Crippen LogP contribution in [0.5, 0.6) is 0 Å². The van der Waals surface area contributed by atoms with Crippen LogP contribution in [-0.4, -0.2) is 47.3 Å². The summed E-state index contributed by atoms with van der Waals surface area (Å²) in [5, 5.41) is 10.4. The van der Waals surface area contributed by atoms with Crippen molar-refractivity contribution < 1.29 is 0 Å². The Balaban J connectivity index is 2.09. The number of H-pyrrole nitrogens is 1. The molecular formula is C12H24N4. The number of nitrogens with zero attached hydrogens (tertiary/aromatic N) is 2. The van der Waals surface area contributed by atoms with Gasteiger partial charge in [-0.25, -0.2) is 0 Å². The second-order valence-electron chi connectivity index (χ2n) is 5.31. The van der Waals surface area contributed by atoms with Gasteiger partial charge in [0.25, 0.3) is 0 Å². The molecule has 4 nitrogen and oxygen atoms in total. The molecule has 0 aliphatic carbocycles. The van der Waals surface area contributed by atoms with Crippen molar-refractivity contribution in [1.29, 1.82) is 0 Å². The van der Waals surface area contributed by atoms with Crippen molar-refractivity contribution in [2.45, 2.75) is 32.7 Å². The number of nitrogens with one attached hydrogen (secondary N) is 2. The van der Waals surface area contributed by atoms with Crippen molar-refractivity contribution >= 4 is 0 Å². The van der Waals surface area contributed by atoms with Gasteiger partial charge in [-0.2, -0.15) is 5.10 Å². The van der Waals surface area contributed by atoms with Crippen LogP contribution in [0.3, 0.4) is 0 Å². The zero-order chi connectivity index (χ0) is 12.0. The number of aromatic amines is 1. The van der Waals surface area contributed by atoms with Crippen molar-refractivity contribution in [3.05, 3.63) is 18.0 Å². The highest BCUT2D eigenvalue weighted by atomic mass is 15.1. The first-order chi connectivity index (χ1) is 7.47. The van der Waals surface area contributed by atoms with E-state index in [1.54, 1.807) is 6.20 Å². The van der Waals surface area contributed by atoms with E-state index in [2.05, 4.69) is 48.2 Å². The summed E-state index contributed by atoms with van der Waals surface area (Å²) in [6.07, 6.45) is 2.84. The van der Waals surface area contributed by atoms with Gasteiger partial charge in [-0.3, -0.25) is 5.10 Å². The molecule has 4 heteroatoms. The minimum atomic E-state index is 0.213. The minimum absolute atomic E-state index is 0.213. The van der Waals surface area contributed by atoms with Crippen molar-refractivity contribution in [3.8, 4) is 0 Å². The molecule has 0 saturated carbocycles. The lowest BCUT2D eigenvalue weighted by Gasteiger charge is -2.23. The van der Waals surface area contributed by atoms with Crippen molar-refractivity contribution in [3.63, 3.8) is 0 Å². The van der Waals surface area contributed by atoms with Crippen LogP contribution < -0.4 is 5.32 Å². The minimum Gasteiger partial charge on any atom is -0.311 e. The third kappa shape index (κ3) is 5.88. The Morgan fingerprint density at radius 2 is 2.12 bits per heavy atom. The Morgan fingerprint density at radius 3 is 2.69 bits per heavy atom. The Labute approximate surface area is 98.4 Å². The average Bonchev–Trinajstić information content (AvgIpc) is 2.65. The van der Waals surface area contributed by atoms with Gasteiger partial charge in [-0.15, -0.1) is 0 Å². The molecule has 1 aromatic heterocycles. The standard InChI is InChI=1S/C12H24N4/c1-12(2,3)13-8-10-16(4)9-6-11-5-7-14-15-11/h5,7,13H,6,8-10H2,1-4H3,(H,14,15). The van der Waals surface area contributed by atoms with Gasteiger partial charge in [-0.1, -0.05) is 0 Å². The lowest BCUT2D eigenvalue weighted by Crippen LogP contribution is -2.40. The molecule has 0 fully saturated rings. The third-order valence-electron chi connectivity index (χ3n) is 2.47. The van der Waals surface area contributed by atoms with Gasteiger partial charge in [0, 0.05) is 43.5 Å². The summed E-state index contributed by atoms with van der Waals surface area (Å²) in [5.41, 5.74) is 1.42. The first-order valence-corrected chi connectivity index (χ1v) is 5.89. The molecule has 16 heavy (non-hydrogen) atoms. The maximum atomic E-state index is 3.94. The topological polar surface area (TPSA) is 44.0 Å². The molecule has 0 aromatic carbocycles. The maximum absolute atomic E-state index is 3.94. The summed E-state index contributed by atoms with van der Waals surface area (Å²) in [6.45, 7) is 9.75. The zero-order valence-electron chi connectivity index (χ0n) is 10.9. The predicted octanol–water partition coefficient (Wildman–Crippen LogP) is 1.27. The van der Waals surface area contributed by atoms with Crippen LogP contribution in [0, 0.1) is 0 Å². The number of rotatable bonds is 6. The lowest BCUT2D eigenvalue weighted by molar-refractivity contribution is 0.311. The summed E-state index contributed by atoms with van der Waals surface area (Å²) in [4.78, 5) is 2.33. The number of likely N-dealkylation sites (N-methyl/N-ethyl adjacent to an activating group) is 1. The molecular weight excluding hydrogens is 200 g/mol. The highest BCUT2D eigenvalue weighted by Crippen LogP contribution is 1.98. The summed E-state index contributed by atoms with van der Waals surface area (Å²) >= 11 is 0. The molecule has 0 atom stereocenters. The van der Waals surface area contributed by atoms with Crippen LogP contribution in [0.25, 0.3) is 0 Å². The van der Waals surface area contributed by atoms with E-state index in [0.29, 0.717) is 0 Å². The molecule has 1 heterocycles. The number of hydrogen-bond donors (Lipinski definition) is 2. The summed E-state index contributed by atoms with van der Waals surface area (Å²) < 4.78 is 0. The molecule has 1 aromatic rings. The fourth-order valence-electron chi connectivity index (χ4n) is 1.47. The maximum Gasteiger partial charge on any atom is 0.0490 e. The molecule has 0 unspecified atom stereocenters. The third-order valence-corrected chi connectivity index (χ3v) is 2.47. The molecule has 0 amide bonds. The van der Waals surface area contributed by atoms with Gasteiger partial charge in [0.15, 0.2) is 0 Å². The SMILES string of the molecule is CN(CCNC(C)(C)C)CCc1ccn[nH]1. The normalized spacial score (nSPS) is 12.3. The van der Waals surface area contributed by atoms with E-state index in [4.69, 9.17) is 0 Å². The lowest BCUT2D eigenvalue weighted by atomic mass is 10.1. The van der Waals surface area contributed by atoms with Crippen LogP contribution in [0.1, 0.15) is 26.5 Å². The first kappa shape index (κ1) is 13.2. The zero-order valence-corrected chi connectivity index (χ0v) is 10.9. The van der Waals surface area contributed by atoms with E-state index in [-0.39, 0.29) is 5.54 Å². The van der Waals surface area contributed by atoms with Crippen LogP contribution in [0.15, 0.2) is 12.3 Å². The van der Waals surface area contributed by atoms with Crippen molar-refractivity contribution in [2.75, 3.05) is 26.7 Å². The Hall–Kier alpha value is -0.870. The van der Waals surface area contributed by atoms with Crippen molar-refractivity contribution in [1.82, 2.24) is 20.4 Å². The Morgan fingerprint density at radius 1 is 1.38 bits per heavy atom. The molecule has 0 aliphatic rings. The van der Waals surface area contributed by atoms with E-state index in [1.807, 2.05) is 6.07 Å². The first-order valence-electron chi connectivity index (χ1n) is 5.89. The van der Waals surface area contributed by atoms with Gasteiger partial charge in [0.1, 0.15) is 0 Å². The van der Waals surface area contributed by atoms with Crippen LogP contribution in [-0.2, 0) is 6.42 Å². The molecule has 0 radical (unpaired) electrons. The molecule has 0 spiro atoms. The molecule has 2 N–H and O–H groups in total. The second kappa shape index (κ2) is 6.01. The highest BCUT2D eigenvalue weighted by molar-refractivity contribution is 4.97. The van der Waals surface area contributed by atoms with Crippen LogP contribution >= 0.6 is 0 Å². The highest BCUT2D eigenvalue weighted by Gasteiger charge is 2.08. The van der Waals surface area contributed by atoms with Gasteiger partial charge in [0.2, 0.25) is 0 Å². The van der Waals surface area contributed by atoms with Crippen molar-refractivity contribution in [2.24, 2.45) is 0 Å². The Bertz CT molecular complexity index is 274. The molecule has 0 bridgehead atoms. The van der Waals surface area contributed by atoms with Crippen LogP contribution in [0.4, 0.5) is 0 Å². The average molecular weight is 224 g/mol. The molecule has 0 aliphatic heterocycles. The summed E-state index contributed by atoms with van der Waals surface area (Å²) in [7, 11) is 2.15. The largest absolute Gasteiger partial charge is 0.311 e. The van der Waals surface area contributed by atoms with Gasteiger partial charge in [-0.05, 0) is 33.9 Å². The van der Waals surface area contributed by atoms with E-state index < -0.39 is 0 Å². The molecule has 1 rings (SSSR count). The molecule has 0 saturated heterocycles. The summed E-state index contributed by atoms with van der Waals surface area (Å²) in [6, 6.07) is 2.03. The van der Waals surface area contributed by atoms with E-state index in [9.17, 15) is 0 Å². The quantitative estimate of drug-likeness (QED) is 0.765. The van der Waals surface area contributed by atoms with E-state index in [0.717, 1.165) is 26.1 Å². The van der Waals surface area contributed by atoms with E-state index in [1.165, 1.54) is 5.69 Å². The second-order valence-corrected chi connectivity index (χ2v) is 5.31. The number of aromatic nitrogens is 2. The summed E-state index contributed by atoms with van der Waals surface area (Å²) in [5.74, 6) is 0. The predicted molar refractivity (Wildman–Crippen MR) is 67.5 cm³/mol. The van der Waals surface area contributed by atoms with Crippen LogP contribution in [0.2, 0.25) is 0 Å². The Kier molecular flexibility index (Phi) is 4.96. The smallest absolute Gasteiger partial charge is 0.0490 e. The monoisotopic (exact) mass is 224 g/mol. The van der Waals surface area contributed by atoms with Gasteiger partial charge >= 0.3 is 0 Å². The number of hydrogen-bond acceptors (Lipinski definition) is 3. The van der Waals surface area contributed by atoms with Gasteiger partial charge < -0.3 is 10.2 Å². The van der Waals surface area contributed by atoms with E-state index >= 15 is 0 Å².